The van der Waals surface area contributed by atoms with Crippen LogP contribution in [0.5, 0.6) is 0 Å². The van der Waals surface area contributed by atoms with Gasteiger partial charge in [0.15, 0.2) is 11.5 Å². The van der Waals surface area contributed by atoms with Gasteiger partial charge in [-0.3, -0.25) is 4.98 Å². The van der Waals surface area contributed by atoms with Crippen molar-refractivity contribution >= 4 is 21.9 Å². The van der Waals surface area contributed by atoms with Gasteiger partial charge < -0.3 is 4.98 Å². The van der Waals surface area contributed by atoms with Crippen molar-refractivity contribution in [1.82, 2.24) is 24.7 Å². The molecule has 0 aliphatic carbocycles. The van der Waals surface area contributed by atoms with Gasteiger partial charge in [0.05, 0.1) is 16.6 Å². The van der Waals surface area contributed by atoms with Gasteiger partial charge in [0, 0.05) is 11.1 Å². The third kappa shape index (κ3) is 2.44. The van der Waals surface area contributed by atoms with Crippen LogP contribution < -0.4 is 5.69 Å². The number of H-pyrrole nitrogens is 1. The van der Waals surface area contributed by atoms with Gasteiger partial charge in [-0.05, 0) is 43.3 Å². The van der Waals surface area contributed by atoms with Gasteiger partial charge in [0.2, 0.25) is 0 Å². The molecule has 25 heavy (non-hydrogen) atoms. The first-order chi connectivity index (χ1) is 11.8. The number of rotatable bonds is 1. The molecule has 1 aromatic carbocycles. The normalized spacial score (nSPS) is 12.2. The van der Waals surface area contributed by atoms with E-state index in [2.05, 4.69) is 20.2 Å². The minimum Gasteiger partial charge on any atom is -0.305 e. The molecule has 1 N–H and O–H groups in total. The number of fused-ring (bicyclic) bond motifs is 3. The number of nitrogens with one attached hydrogen (secondary N) is 1. The summed E-state index contributed by atoms with van der Waals surface area (Å²) in [6.07, 6.45) is -4.59. The number of aromatic nitrogens is 5. The van der Waals surface area contributed by atoms with E-state index in [0.29, 0.717) is 16.6 Å². The lowest BCUT2D eigenvalue weighted by molar-refractivity contribution is -0.141. The number of hydrogen-bond acceptors (Lipinski definition) is 4. The molecule has 3 heterocycles. The maximum Gasteiger partial charge on any atom is 0.435 e. The number of halogens is 3. The highest BCUT2D eigenvalue weighted by Gasteiger charge is 2.33. The van der Waals surface area contributed by atoms with Crippen LogP contribution in [-0.2, 0) is 6.18 Å². The number of nitrogens with zero attached hydrogens (tertiary/aromatic N) is 4. The predicted molar refractivity (Wildman–Crippen MR) is 84.5 cm³/mol. The van der Waals surface area contributed by atoms with E-state index in [1.54, 1.807) is 12.1 Å². The van der Waals surface area contributed by atoms with E-state index in [1.165, 1.54) is 4.57 Å². The summed E-state index contributed by atoms with van der Waals surface area (Å²) >= 11 is 0. The molecule has 0 fully saturated rings. The first-order valence-corrected chi connectivity index (χ1v) is 7.27. The first-order valence-electron chi connectivity index (χ1n) is 7.27. The smallest absolute Gasteiger partial charge is 0.305 e. The molecule has 0 radical (unpaired) electrons. The van der Waals surface area contributed by atoms with Crippen molar-refractivity contribution in [3.8, 4) is 5.82 Å². The van der Waals surface area contributed by atoms with Gasteiger partial charge in [-0.25, -0.2) is 9.36 Å². The van der Waals surface area contributed by atoms with Gasteiger partial charge in [-0.15, -0.1) is 10.2 Å². The number of pyridine rings is 1. The zero-order chi connectivity index (χ0) is 17.8. The average Bonchev–Trinajstić information content (AvgIpc) is 2.90. The highest BCUT2D eigenvalue weighted by atomic mass is 19.4. The second-order valence-corrected chi connectivity index (χ2v) is 5.52. The Bertz CT molecular complexity index is 1160. The molecule has 0 unspecified atom stereocenters. The van der Waals surface area contributed by atoms with Crippen LogP contribution in [0.25, 0.3) is 27.8 Å². The summed E-state index contributed by atoms with van der Waals surface area (Å²) in [6, 6.07) is 8.96. The Morgan fingerprint density at radius 2 is 1.84 bits per heavy atom. The zero-order valence-electron chi connectivity index (χ0n) is 12.8. The quantitative estimate of drug-likeness (QED) is 0.575. The van der Waals surface area contributed by atoms with Crippen molar-refractivity contribution in [1.29, 1.82) is 0 Å². The Morgan fingerprint density at radius 3 is 2.52 bits per heavy atom. The number of aryl methyl sites for hydroxylation is 1. The van der Waals surface area contributed by atoms with Crippen LogP contribution in [0.1, 0.15) is 11.4 Å². The van der Waals surface area contributed by atoms with Gasteiger partial charge in [0.25, 0.3) is 0 Å². The van der Waals surface area contributed by atoms with Crippen molar-refractivity contribution in [2.24, 2.45) is 0 Å². The number of imidazole rings is 1. The summed E-state index contributed by atoms with van der Waals surface area (Å²) in [5, 5.41) is 7.45. The molecular weight excluding hydrogens is 335 g/mol. The molecule has 0 aliphatic heterocycles. The van der Waals surface area contributed by atoms with E-state index < -0.39 is 17.6 Å². The first kappa shape index (κ1) is 15.3. The molecule has 0 amide bonds. The van der Waals surface area contributed by atoms with E-state index in [-0.39, 0.29) is 5.82 Å². The Morgan fingerprint density at radius 1 is 1.04 bits per heavy atom. The Kier molecular flexibility index (Phi) is 3.14. The number of benzene rings is 1. The van der Waals surface area contributed by atoms with E-state index in [9.17, 15) is 18.0 Å². The van der Waals surface area contributed by atoms with E-state index in [1.807, 2.05) is 19.1 Å². The summed E-state index contributed by atoms with van der Waals surface area (Å²) in [7, 11) is 0. The lowest BCUT2D eigenvalue weighted by Crippen LogP contribution is -2.17. The van der Waals surface area contributed by atoms with Crippen LogP contribution in [-0.4, -0.2) is 24.7 Å². The van der Waals surface area contributed by atoms with Gasteiger partial charge in [-0.2, -0.15) is 13.2 Å². The molecule has 126 valence electrons. The molecule has 0 saturated heterocycles. The van der Waals surface area contributed by atoms with E-state index in [4.69, 9.17) is 0 Å². The zero-order valence-corrected chi connectivity index (χ0v) is 12.8. The number of alkyl halides is 3. The third-order valence-corrected chi connectivity index (χ3v) is 3.83. The highest BCUT2D eigenvalue weighted by molar-refractivity contribution is 6.03. The summed E-state index contributed by atoms with van der Waals surface area (Å²) < 4.78 is 39.0. The summed E-state index contributed by atoms with van der Waals surface area (Å²) in [6.45, 7) is 1.86. The largest absolute Gasteiger partial charge is 0.435 e. The summed E-state index contributed by atoms with van der Waals surface area (Å²) in [5.41, 5.74) is 0.932. The second-order valence-electron chi connectivity index (χ2n) is 5.52. The molecule has 0 atom stereocenters. The van der Waals surface area contributed by atoms with Gasteiger partial charge >= 0.3 is 11.9 Å². The second kappa shape index (κ2) is 5.13. The Labute approximate surface area is 138 Å². The molecule has 9 heteroatoms. The SMILES string of the molecule is Cc1ccc2c(ccc3c2[nH]c(=O)n3-c2ccc(C(F)(F)F)nn2)n1. The van der Waals surface area contributed by atoms with Crippen molar-refractivity contribution in [2.75, 3.05) is 0 Å². The number of hydrogen-bond donors (Lipinski definition) is 1. The predicted octanol–water partition coefficient (Wildman–Crippen LogP) is 2.98. The number of aromatic amines is 1. The maximum absolute atomic E-state index is 12.6. The fraction of sp³-hybridized carbons (Fsp3) is 0.125. The van der Waals surface area contributed by atoms with E-state index >= 15 is 0 Å². The van der Waals surface area contributed by atoms with Crippen LogP contribution in [0.4, 0.5) is 13.2 Å². The summed E-state index contributed by atoms with van der Waals surface area (Å²) in [4.78, 5) is 19.4. The molecule has 0 bridgehead atoms. The standard InChI is InChI=1S/C16H10F3N5O/c1-8-2-3-9-10(20-8)4-5-11-14(9)21-15(25)24(11)13-7-6-12(22-23-13)16(17,18)19/h2-7H,1H3,(H,21,25). The molecule has 4 rings (SSSR count). The lowest BCUT2D eigenvalue weighted by atomic mass is 10.1. The fourth-order valence-electron chi connectivity index (χ4n) is 2.71. The van der Waals surface area contributed by atoms with Crippen LogP contribution in [0.15, 0.2) is 41.2 Å². The molecule has 0 spiro atoms. The Hall–Kier alpha value is -3.23. The topological polar surface area (TPSA) is 76.5 Å². The fourth-order valence-corrected chi connectivity index (χ4v) is 2.71. The van der Waals surface area contributed by atoms with Crippen LogP contribution in [0.2, 0.25) is 0 Å². The highest BCUT2D eigenvalue weighted by Crippen LogP contribution is 2.27. The van der Waals surface area contributed by atoms with Gasteiger partial charge in [-0.1, -0.05) is 0 Å². The van der Waals surface area contributed by atoms with Crippen molar-refractivity contribution < 1.29 is 13.2 Å². The molecular formula is C16H10F3N5O. The van der Waals surface area contributed by atoms with Crippen molar-refractivity contribution in [3.05, 3.63) is 58.3 Å². The minimum absolute atomic E-state index is 0.00340. The minimum atomic E-state index is -4.59. The monoisotopic (exact) mass is 345 g/mol. The van der Waals surface area contributed by atoms with Crippen molar-refractivity contribution in [2.45, 2.75) is 13.1 Å². The molecule has 3 aromatic heterocycles. The lowest BCUT2D eigenvalue weighted by Gasteiger charge is -2.06. The average molecular weight is 345 g/mol. The molecule has 6 nitrogen and oxygen atoms in total. The third-order valence-electron chi connectivity index (χ3n) is 3.83. The van der Waals surface area contributed by atoms with Crippen LogP contribution in [0.3, 0.4) is 0 Å². The summed E-state index contributed by atoms with van der Waals surface area (Å²) in [5.74, 6) is 0.00340. The van der Waals surface area contributed by atoms with Crippen LogP contribution in [0, 0.1) is 6.92 Å². The molecule has 4 aromatic rings. The molecule has 0 saturated carbocycles. The van der Waals surface area contributed by atoms with Crippen molar-refractivity contribution in [3.63, 3.8) is 0 Å². The van der Waals surface area contributed by atoms with Gasteiger partial charge in [0.1, 0.15) is 0 Å². The van der Waals surface area contributed by atoms with Crippen LogP contribution >= 0.6 is 0 Å². The van der Waals surface area contributed by atoms with E-state index in [0.717, 1.165) is 23.2 Å². The maximum atomic E-state index is 12.6. The molecule has 0 aliphatic rings. The Balaban J connectivity index is 1.95.